The van der Waals surface area contributed by atoms with E-state index in [1.807, 2.05) is 11.4 Å². The third-order valence-electron chi connectivity index (χ3n) is 2.29. The van der Waals surface area contributed by atoms with Crippen LogP contribution in [0, 0.1) is 0 Å². The van der Waals surface area contributed by atoms with Gasteiger partial charge in [0.2, 0.25) is 0 Å². The Morgan fingerprint density at radius 2 is 2.35 bits per heavy atom. The number of nitrogens with one attached hydrogen (secondary N) is 1. The molecular formula is C10H9BrN2O3S. The zero-order valence-electron chi connectivity index (χ0n) is 8.86. The molecule has 0 atom stereocenters. The normalized spacial score (nSPS) is 10.7. The van der Waals surface area contributed by atoms with Crippen molar-refractivity contribution < 1.29 is 9.90 Å². The number of thiophene rings is 1. The van der Waals surface area contributed by atoms with E-state index in [4.69, 9.17) is 5.11 Å². The Morgan fingerprint density at radius 1 is 1.65 bits per heavy atom. The summed E-state index contributed by atoms with van der Waals surface area (Å²) in [7, 11) is 1.57. The topological polar surface area (TPSA) is 75.1 Å². The van der Waals surface area contributed by atoms with Gasteiger partial charge in [0.1, 0.15) is 0 Å². The molecule has 90 valence electrons. The molecule has 2 heterocycles. The second kappa shape index (κ2) is 4.50. The van der Waals surface area contributed by atoms with E-state index < -0.39 is 5.97 Å². The van der Waals surface area contributed by atoms with Crippen LogP contribution in [0.4, 0.5) is 0 Å². The lowest BCUT2D eigenvalue weighted by Gasteiger charge is -1.95. The highest BCUT2D eigenvalue weighted by Crippen LogP contribution is 2.29. The number of hydrogen-bond acceptors (Lipinski definition) is 3. The van der Waals surface area contributed by atoms with Gasteiger partial charge in [-0.2, -0.15) is 0 Å². The maximum atomic E-state index is 11.8. The van der Waals surface area contributed by atoms with Gasteiger partial charge < -0.3 is 5.11 Å². The van der Waals surface area contributed by atoms with Crippen molar-refractivity contribution in [2.24, 2.45) is 7.05 Å². The van der Waals surface area contributed by atoms with E-state index >= 15 is 0 Å². The molecule has 0 fully saturated rings. The molecule has 17 heavy (non-hydrogen) atoms. The molecule has 0 saturated carbocycles. The number of aliphatic carboxylic acids is 1. The summed E-state index contributed by atoms with van der Waals surface area (Å²) >= 11 is 4.77. The summed E-state index contributed by atoms with van der Waals surface area (Å²) in [6.07, 6.45) is -0.277. The summed E-state index contributed by atoms with van der Waals surface area (Å²) in [5, 5.41) is 13.6. The Kier molecular flexibility index (Phi) is 3.21. The predicted octanol–water partition coefficient (Wildman–Crippen LogP) is 1.83. The first-order valence-corrected chi connectivity index (χ1v) is 6.40. The molecule has 0 aliphatic rings. The number of H-pyrrole nitrogens is 1. The van der Waals surface area contributed by atoms with Crippen LogP contribution in [-0.2, 0) is 18.3 Å². The Labute approximate surface area is 109 Å². The van der Waals surface area contributed by atoms with Crippen molar-refractivity contribution in [3.8, 4) is 10.6 Å². The number of nitrogens with zero attached hydrogens (tertiary/aromatic N) is 1. The van der Waals surface area contributed by atoms with Crippen LogP contribution in [0.3, 0.4) is 0 Å². The molecule has 0 unspecified atom stereocenters. The van der Waals surface area contributed by atoms with Gasteiger partial charge in [0, 0.05) is 16.9 Å². The Hall–Kier alpha value is -1.34. The van der Waals surface area contributed by atoms with E-state index in [0.29, 0.717) is 5.69 Å². The first-order chi connectivity index (χ1) is 7.99. The number of carbonyl (C=O) groups is 1. The van der Waals surface area contributed by atoms with Gasteiger partial charge in [0.15, 0.2) is 0 Å². The van der Waals surface area contributed by atoms with Crippen molar-refractivity contribution in [2.75, 3.05) is 0 Å². The number of hydrogen-bond donors (Lipinski definition) is 2. The lowest BCUT2D eigenvalue weighted by molar-refractivity contribution is -0.136. The second-order valence-corrected chi connectivity index (χ2v) is 5.36. The van der Waals surface area contributed by atoms with Crippen molar-refractivity contribution in [1.29, 1.82) is 0 Å². The van der Waals surface area contributed by atoms with E-state index in [2.05, 4.69) is 21.0 Å². The molecule has 0 aliphatic carbocycles. The minimum absolute atomic E-state index is 0.277. The first kappa shape index (κ1) is 12.1. The van der Waals surface area contributed by atoms with Crippen molar-refractivity contribution >= 4 is 33.2 Å². The number of aryl methyl sites for hydroxylation is 1. The maximum Gasteiger partial charge on any atom is 0.308 e. The van der Waals surface area contributed by atoms with Gasteiger partial charge in [-0.15, -0.1) is 11.3 Å². The highest BCUT2D eigenvalue weighted by molar-refractivity contribution is 9.10. The molecule has 5 nitrogen and oxygen atoms in total. The molecule has 2 N–H and O–H groups in total. The minimum atomic E-state index is -1.02. The van der Waals surface area contributed by atoms with Crippen LogP contribution >= 0.6 is 27.3 Å². The number of rotatable bonds is 3. The van der Waals surface area contributed by atoms with Gasteiger partial charge >= 0.3 is 5.97 Å². The van der Waals surface area contributed by atoms with Gasteiger partial charge in [-0.05, 0) is 22.0 Å². The predicted molar refractivity (Wildman–Crippen MR) is 68.4 cm³/mol. The molecule has 0 aromatic carbocycles. The molecule has 2 aromatic heterocycles. The molecule has 0 spiro atoms. The average molecular weight is 317 g/mol. The summed E-state index contributed by atoms with van der Waals surface area (Å²) < 4.78 is 2.20. The largest absolute Gasteiger partial charge is 0.481 e. The van der Waals surface area contributed by atoms with Gasteiger partial charge in [-0.25, -0.2) is 0 Å². The fraction of sp³-hybridized carbons (Fsp3) is 0.200. The number of carboxylic acid groups (broad SMARTS) is 1. The lowest BCUT2D eigenvalue weighted by atomic mass is 10.1. The van der Waals surface area contributed by atoms with Crippen molar-refractivity contribution in [1.82, 2.24) is 9.78 Å². The molecule has 0 amide bonds. The Balaban J connectivity index is 2.57. The summed E-state index contributed by atoms with van der Waals surface area (Å²) in [4.78, 5) is 23.4. The molecule has 0 radical (unpaired) electrons. The van der Waals surface area contributed by atoms with Crippen LogP contribution in [0.25, 0.3) is 10.6 Å². The van der Waals surface area contributed by atoms with Gasteiger partial charge in [0.05, 0.1) is 22.6 Å². The summed E-state index contributed by atoms with van der Waals surface area (Å²) in [6, 6.07) is 1.85. The summed E-state index contributed by atoms with van der Waals surface area (Å²) in [5.41, 5.74) is 0.567. The SMILES string of the molecule is Cn1[nH]c(-c2cc(Br)cs2)c(CC(=O)O)c1=O. The van der Waals surface area contributed by atoms with Crippen LogP contribution in [0.2, 0.25) is 0 Å². The van der Waals surface area contributed by atoms with Crippen LogP contribution in [0.15, 0.2) is 20.7 Å². The van der Waals surface area contributed by atoms with Crippen molar-refractivity contribution in [2.45, 2.75) is 6.42 Å². The first-order valence-electron chi connectivity index (χ1n) is 4.73. The van der Waals surface area contributed by atoms with Crippen molar-refractivity contribution in [3.63, 3.8) is 0 Å². The van der Waals surface area contributed by atoms with Crippen molar-refractivity contribution in [3.05, 3.63) is 31.8 Å². The Bertz CT molecular complexity index is 626. The molecule has 2 aromatic rings. The van der Waals surface area contributed by atoms with Gasteiger partial charge in [-0.1, -0.05) is 0 Å². The molecular weight excluding hydrogens is 308 g/mol. The molecule has 0 saturated heterocycles. The third kappa shape index (κ3) is 2.34. The van der Waals surface area contributed by atoms with E-state index in [-0.39, 0.29) is 17.5 Å². The third-order valence-corrected chi connectivity index (χ3v) is 3.99. The number of aromatic amines is 1. The van der Waals surface area contributed by atoms with Crippen LogP contribution in [0.5, 0.6) is 0 Å². The van der Waals surface area contributed by atoms with E-state index in [1.165, 1.54) is 16.0 Å². The zero-order valence-corrected chi connectivity index (χ0v) is 11.3. The molecule has 0 aliphatic heterocycles. The van der Waals surface area contributed by atoms with Gasteiger partial charge in [-0.3, -0.25) is 19.4 Å². The van der Waals surface area contributed by atoms with Crippen LogP contribution < -0.4 is 5.56 Å². The maximum absolute atomic E-state index is 11.8. The molecule has 2 rings (SSSR count). The highest BCUT2D eigenvalue weighted by Gasteiger charge is 2.17. The van der Waals surface area contributed by atoms with Crippen LogP contribution in [0.1, 0.15) is 5.56 Å². The Morgan fingerprint density at radius 3 is 2.88 bits per heavy atom. The summed E-state index contributed by atoms with van der Waals surface area (Å²) in [5.74, 6) is -1.02. The fourth-order valence-corrected chi connectivity index (χ4v) is 3.01. The van der Waals surface area contributed by atoms with E-state index in [1.54, 1.807) is 7.05 Å². The standard InChI is InChI=1S/C10H9BrN2O3S/c1-13-10(16)6(3-8(14)15)9(12-13)7-2-5(11)4-17-7/h2,4,12H,3H2,1H3,(H,14,15). The number of carboxylic acids is 1. The van der Waals surface area contributed by atoms with E-state index in [9.17, 15) is 9.59 Å². The molecule has 0 bridgehead atoms. The number of halogens is 1. The second-order valence-electron chi connectivity index (χ2n) is 3.53. The van der Waals surface area contributed by atoms with Gasteiger partial charge in [0.25, 0.3) is 5.56 Å². The zero-order chi connectivity index (χ0) is 12.6. The van der Waals surface area contributed by atoms with E-state index in [0.717, 1.165) is 9.35 Å². The minimum Gasteiger partial charge on any atom is -0.481 e. The number of aromatic nitrogens is 2. The fourth-order valence-electron chi connectivity index (χ4n) is 1.56. The van der Waals surface area contributed by atoms with Crippen LogP contribution in [-0.4, -0.2) is 20.9 Å². The quantitative estimate of drug-likeness (QED) is 0.907. The summed E-state index contributed by atoms with van der Waals surface area (Å²) in [6.45, 7) is 0. The monoisotopic (exact) mass is 316 g/mol. The lowest BCUT2D eigenvalue weighted by Crippen LogP contribution is -2.17. The molecule has 7 heteroatoms. The average Bonchev–Trinajstić information content (AvgIpc) is 2.77. The smallest absolute Gasteiger partial charge is 0.308 e. The highest BCUT2D eigenvalue weighted by atomic mass is 79.9.